The molecule has 0 aliphatic heterocycles. The Bertz CT molecular complexity index is 385. The fourth-order valence-corrected chi connectivity index (χ4v) is 1.47. The van der Waals surface area contributed by atoms with Crippen molar-refractivity contribution in [1.82, 2.24) is 0 Å². The lowest BCUT2D eigenvalue weighted by molar-refractivity contribution is -0.138. The van der Waals surface area contributed by atoms with E-state index in [1.807, 2.05) is 0 Å². The van der Waals surface area contributed by atoms with E-state index in [0.29, 0.717) is 5.56 Å². The van der Waals surface area contributed by atoms with Crippen LogP contribution >= 0.6 is 12.4 Å². The van der Waals surface area contributed by atoms with Crippen LogP contribution in [0.1, 0.15) is 11.1 Å². The van der Waals surface area contributed by atoms with Crippen LogP contribution < -0.4 is 10.5 Å². The number of hydrogen-bond acceptors (Lipinski definition) is 3. The number of aliphatic hydroxyl groups excluding tert-OH is 1. The van der Waals surface area contributed by atoms with E-state index in [1.165, 1.54) is 19.2 Å². The Hall–Kier alpha value is -0.980. The molecule has 1 atom stereocenters. The maximum absolute atomic E-state index is 12.7. The molecule has 3 N–H and O–H groups in total. The van der Waals surface area contributed by atoms with Gasteiger partial charge < -0.3 is 15.6 Å². The van der Waals surface area contributed by atoms with Crippen LogP contribution in [0.15, 0.2) is 18.2 Å². The summed E-state index contributed by atoms with van der Waals surface area (Å²) in [4.78, 5) is 0. The second-order valence-corrected chi connectivity index (χ2v) is 3.68. The maximum atomic E-state index is 12.7. The molecular formula is C11H15ClF3NO2. The first-order valence-corrected chi connectivity index (χ1v) is 4.99. The number of alkyl halides is 3. The molecule has 1 rings (SSSR count). The summed E-state index contributed by atoms with van der Waals surface area (Å²) in [5.41, 5.74) is 5.06. The topological polar surface area (TPSA) is 55.5 Å². The summed E-state index contributed by atoms with van der Waals surface area (Å²) in [6.07, 6.45) is -4.28. The predicted molar refractivity (Wildman–Crippen MR) is 64.0 cm³/mol. The Labute approximate surface area is 109 Å². The minimum absolute atomic E-state index is 0. The molecule has 0 saturated carbocycles. The van der Waals surface area contributed by atoms with E-state index in [1.54, 1.807) is 0 Å². The molecule has 7 heteroatoms. The van der Waals surface area contributed by atoms with Crippen LogP contribution in [0.3, 0.4) is 0 Å². The lowest BCUT2D eigenvalue weighted by Gasteiger charge is -2.14. The lowest BCUT2D eigenvalue weighted by atomic mass is 10.0. The van der Waals surface area contributed by atoms with Gasteiger partial charge in [0.15, 0.2) is 0 Å². The first-order valence-electron chi connectivity index (χ1n) is 4.99. The summed E-state index contributed by atoms with van der Waals surface area (Å²) < 4.78 is 42.7. The van der Waals surface area contributed by atoms with E-state index in [0.717, 1.165) is 6.07 Å². The molecule has 1 aromatic rings. The molecule has 0 amide bonds. The minimum atomic E-state index is -4.47. The molecule has 0 fully saturated rings. The van der Waals surface area contributed by atoms with Crippen molar-refractivity contribution in [3.63, 3.8) is 0 Å². The number of methoxy groups -OCH3 is 1. The number of halogens is 4. The Morgan fingerprint density at radius 1 is 1.39 bits per heavy atom. The zero-order valence-electron chi connectivity index (χ0n) is 9.70. The van der Waals surface area contributed by atoms with E-state index in [4.69, 9.17) is 10.8 Å². The van der Waals surface area contributed by atoms with Crippen molar-refractivity contribution >= 4 is 12.4 Å². The van der Waals surface area contributed by atoms with Crippen molar-refractivity contribution in [2.75, 3.05) is 13.7 Å². The van der Waals surface area contributed by atoms with E-state index >= 15 is 0 Å². The van der Waals surface area contributed by atoms with Crippen LogP contribution in [0.4, 0.5) is 13.2 Å². The van der Waals surface area contributed by atoms with Crippen molar-refractivity contribution < 1.29 is 23.0 Å². The highest BCUT2D eigenvalue weighted by atomic mass is 35.5. The maximum Gasteiger partial charge on any atom is 0.419 e. The predicted octanol–water partition coefficient (Wildman–Crippen LogP) is 2.00. The third-order valence-corrected chi connectivity index (χ3v) is 2.30. The molecular weight excluding hydrogens is 271 g/mol. The summed E-state index contributed by atoms with van der Waals surface area (Å²) in [7, 11) is 1.18. The van der Waals surface area contributed by atoms with Crippen LogP contribution in [-0.4, -0.2) is 24.9 Å². The minimum Gasteiger partial charge on any atom is -0.496 e. The zero-order chi connectivity index (χ0) is 13.1. The Morgan fingerprint density at radius 2 is 2.00 bits per heavy atom. The fourth-order valence-electron chi connectivity index (χ4n) is 1.47. The number of benzene rings is 1. The van der Waals surface area contributed by atoms with Crippen LogP contribution in [0.2, 0.25) is 0 Å². The number of rotatable bonds is 4. The van der Waals surface area contributed by atoms with Gasteiger partial charge in [-0.1, -0.05) is 6.07 Å². The van der Waals surface area contributed by atoms with Gasteiger partial charge in [-0.2, -0.15) is 13.2 Å². The Balaban J connectivity index is 0.00000289. The quantitative estimate of drug-likeness (QED) is 0.890. The van der Waals surface area contributed by atoms with Gasteiger partial charge in [0.05, 0.1) is 19.3 Å². The van der Waals surface area contributed by atoms with E-state index in [9.17, 15) is 13.2 Å². The van der Waals surface area contributed by atoms with Gasteiger partial charge in [-0.25, -0.2) is 0 Å². The average Bonchev–Trinajstić information content (AvgIpc) is 2.27. The standard InChI is InChI=1S/C11H14F3NO2.ClH/c1-17-10-3-2-7(4-8(15)6-16)5-9(10)11(12,13)14;/h2-3,5,8,16H,4,6,15H2,1H3;1H. The van der Waals surface area contributed by atoms with Gasteiger partial charge in [-0.15, -0.1) is 12.4 Å². The van der Waals surface area contributed by atoms with Crippen LogP contribution in [0, 0.1) is 0 Å². The molecule has 0 bridgehead atoms. The molecule has 0 spiro atoms. The summed E-state index contributed by atoms with van der Waals surface area (Å²) in [6, 6.07) is 3.18. The first-order chi connectivity index (χ1) is 7.88. The number of hydrogen-bond donors (Lipinski definition) is 2. The van der Waals surface area contributed by atoms with Gasteiger partial charge in [0.1, 0.15) is 5.75 Å². The fraction of sp³-hybridized carbons (Fsp3) is 0.455. The monoisotopic (exact) mass is 285 g/mol. The molecule has 0 saturated heterocycles. The second kappa shape index (κ2) is 6.82. The number of ether oxygens (including phenoxy) is 1. The highest BCUT2D eigenvalue weighted by Crippen LogP contribution is 2.36. The van der Waals surface area contributed by atoms with Crippen molar-refractivity contribution in [3.05, 3.63) is 29.3 Å². The van der Waals surface area contributed by atoms with E-state index in [-0.39, 0.29) is 31.2 Å². The molecule has 0 aliphatic carbocycles. The molecule has 0 radical (unpaired) electrons. The molecule has 1 unspecified atom stereocenters. The molecule has 0 heterocycles. The molecule has 1 aromatic carbocycles. The molecule has 3 nitrogen and oxygen atoms in total. The number of nitrogens with two attached hydrogens (primary N) is 1. The summed E-state index contributed by atoms with van der Waals surface area (Å²) in [5, 5.41) is 8.75. The van der Waals surface area contributed by atoms with Gasteiger partial charge in [-0.05, 0) is 24.1 Å². The van der Waals surface area contributed by atoms with Gasteiger partial charge in [0, 0.05) is 6.04 Å². The SMILES string of the molecule is COc1ccc(CC(N)CO)cc1C(F)(F)F.Cl. The first kappa shape index (κ1) is 17.0. The molecule has 18 heavy (non-hydrogen) atoms. The normalized spacial score (nSPS) is 12.8. The van der Waals surface area contributed by atoms with Crippen molar-refractivity contribution in [3.8, 4) is 5.75 Å². The Kier molecular flexibility index (Phi) is 6.45. The second-order valence-electron chi connectivity index (χ2n) is 3.68. The van der Waals surface area contributed by atoms with E-state index in [2.05, 4.69) is 4.74 Å². The van der Waals surface area contributed by atoms with Crippen molar-refractivity contribution in [1.29, 1.82) is 0 Å². The lowest BCUT2D eigenvalue weighted by Crippen LogP contribution is -2.27. The van der Waals surface area contributed by atoms with Crippen molar-refractivity contribution in [2.24, 2.45) is 5.73 Å². The third-order valence-electron chi connectivity index (χ3n) is 2.30. The van der Waals surface area contributed by atoms with Gasteiger partial charge in [-0.3, -0.25) is 0 Å². The van der Waals surface area contributed by atoms with Crippen molar-refractivity contribution in [2.45, 2.75) is 18.6 Å². The summed E-state index contributed by atoms with van der Waals surface area (Å²) in [5.74, 6) is -0.223. The molecule has 104 valence electrons. The zero-order valence-corrected chi connectivity index (χ0v) is 10.5. The Morgan fingerprint density at radius 3 is 2.44 bits per heavy atom. The van der Waals surface area contributed by atoms with Crippen LogP contribution in [0.5, 0.6) is 5.75 Å². The summed E-state index contributed by atoms with van der Waals surface area (Å²) >= 11 is 0. The molecule has 0 aromatic heterocycles. The van der Waals surface area contributed by atoms with Gasteiger partial charge in [0.2, 0.25) is 0 Å². The third kappa shape index (κ3) is 4.36. The highest BCUT2D eigenvalue weighted by molar-refractivity contribution is 5.85. The summed E-state index contributed by atoms with van der Waals surface area (Å²) in [6.45, 7) is -0.270. The highest BCUT2D eigenvalue weighted by Gasteiger charge is 2.34. The average molecular weight is 286 g/mol. The van der Waals surface area contributed by atoms with Gasteiger partial charge >= 0.3 is 6.18 Å². The molecule has 0 aliphatic rings. The van der Waals surface area contributed by atoms with Gasteiger partial charge in [0.25, 0.3) is 0 Å². The van der Waals surface area contributed by atoms with E-state index < -0.39 is 17.8 Å². The van der Waals surface area contributed by atoms with Crippen LogP contribution in [-0.2, 0) is 12.6 Å². The number of aliphatic hydroxyl groups is 1. The smallest absolute Gasteiger partial charge is 0.419 e. The largest absolute Gasteiger partial charge is 0.496 e. The van der Waals surface area contributed by atoms with Crippen LogP contribution in [0.25, 0.3) is 0 Å².